The number of aryl methyl sites for hydroxylation is 1. The average Bonchev–Trinajstić information content (AvgIpc) is 3.09. The van der Waals surface area contributed by atoms with Gasteiger partial charge in [-0.25, -0.2) is 9.69 Å². The predicted molar refractivity (Wildman–Crippen MR) is 122 cm³/mol. The summed E-state index contributed by atoms with van der Waals surface area (Å²) in [6, 6.07) is 20.3. The van der Waals surface area contributed by atoms with Gasteiger partial charge in [0.2, 0.25) is 0 Å². The molecule has 0 bridgehead atoms. The molecular formula is C26H22N2O5. The van der Waals surface area contributed by atoms with Crippen LogP contribution in [-0.2, 0) is 16.1 Å². The van der Waals surface area contributed by atoms with Crippen LogP contribution < -0.4 is 4.90 Å². The van der Waals surface area contributed by atoms with Crippen LogP contribution >= 0.6 is 0 Å². The van der Waals surface area contributed by atoms with Crippen LogP contribution in [0.1, 0.15) is 42.2 Å². The van der Waals surface area contributed by atoms with Gasteiger partial charge in [-0.2, -0.15) is 0 Å². The Bertz CT molecular complexity index is 1210. The highest BCUT2D eigenvalue weighted by Crippen LogP contribution is 2.28. The van der Waals surface area contributed by atoms with Crippen molar-refractivity contribution >= 4 is 29.4 Å². The van der Waals surface area contributed by atoms with Crippen molar-refractivity contribution in [2.45, 2.75) is 13.5 Å². The van der Waals surface area contributed by atoms with Crippen LogP contribution in [0.25, 0.3) is 0 Å². The van der Waals surface area contributed by atoms with E-state index in [-0.39, 0.29) is 18.1 Å². The van der Waals surface area contributed by atoms with E-state index in [1.807, 2.05) is 31.2 Å². The van der Waals surface area contributed by atoms with Crippen molar-refractivity contribution < 1.29 is 23.9 Å². The summed E-state index contributed by atoms with van der Waals surface area (Å²) in [5.74, 6) is -1.81. The van der Waals surface area contributed by atoms with Gasteiger partial charge < -0.3 is 9.64 Å². The zero-order valence-electron chi connectivity index (χ0n) is 18.3. The molecule has 0 fully saturated rings. The number of amides is 3. The van der Waals surface area contributed by atoms with Crippen LogP contribution in [-0.4, -0.2) is 42.2 Å². The topological polar surface area (TPSA) is 84.0 Å². The summed E-state index contributed by atoms with van der Waals surface area (Å²) in [6.07, 6.45) is 0. The Morgan fingerprint density at radius 3 is 2.03 bits per heavy atom. The lowest BCUT2D eigenvalue weighted by Crippen LogP contribution is -2.31. The lowest BCUT2D eigenvalue weighted by molar-refractivity contribution is -0.133. The number of rotatable bonds is 6. The molecular weight excluding hydrogens is 420 g/mol. The summed E-state index contributed by atoms with van der Waals surface area (Å²) in [5.41, 5.74) is 3.35. The highest BCUT2D eigenvalue weighted by molar-refractivity contribution is 6.34. The Morgan fingerprint density at radius 1 is 0.848 bits per heavy atom. The molecule has 166 valence electrons. The molecule has 0 saturated heterocycles. The number of imide groups is 1. The van der Waals surface area contributed by atoms with E-state index >= 15 is 0 Å². The van der Waals surface area contributed by atoms with Gasteiger partial charge in [0.15, 0.2) is 6.61 Å². The summed E-state index contributed by atoms with van der Waals surface area (Å²) in [7, 11) is 1.65. The number of hydrogen-bond acceptors (Lipinski definition) is 5. The lowest BCUT2D eigenvalue weighted by Gasteiger charge is -2.18. The van der Waals surface area contributed by atoms with Crippen molar-refractivity contribution in [3.63, 3.8) is 0 Å². The lowest BCUT2D eigenvalue weighted by atomic mass is 10.1. The molecule has 4 rings (SSSR count). The molecule has 1 aliphatic heterocycles. The Labute approximate surface area is 191 Å². The van der Waals surface area contributed by atoms with Gasteiger partial charge in [-0.3, -0.25) is 14.4 Å². The first-order valence-electron chi connectivity index (χ1n) is 10.4. The molecule has 0 aromatic heterocycles. The number of anilines is 1. The number of likely N-dealkylation sites (N-methyl/N-ethyl adjacent to an activating group) is 1. The molecule has 7 heteroatoms. The fraction of sp³-hybridized carbons (Fsp3) is 0.154. The van der Waals surface area contributed by atoms with Crippen molar-refractivity contribution in [3.05, 3.63) is 101 Å². The second kappa shape index (κ2) is 9.08. The SMILES string of the molecule is Cc1ccccc1CN(C)C(=O)COC(=O)c1ccc(N2C(=O)c3ccccc3C2=O)cc1. The van der Waals surface area contributed by atoms with Crippen molar-refractivity contribution in [2.75, 3.05) is 18.6 Å². The summed E-state index contributed by atoms with van der Waals surface area (Å²) >= 11 is 0. The number of benzene rings is 3. The Balaban J connectivity index is 1.36. The maximum absolute atomic E-state index is 12.6. The maximum Gasteiger partial charge on any atom is 0.338 e. The van der Waals surface area contributed by atoms with Gasteiger partial charge in [-0.15, -0.1) is 0 Å². The number of ether oxygens (including phenoxy) is 1. The van der Waals surface area contributed by atoms with Gasteiger partial charge in [-0.05, 0) is 54.4 Å². The molecule has 3 aromatic carbocycles. The van der Waals surface area contributed by atoms with E-state index in [1.54, 1.807) is 31.3 Å². The molecule has 0 atom stereocenters. The van der Waals surface area contributed by atoms with Crippen LogP contribution in [0.4, 0.5) is 5.69 Å². The van der Waals surface area contributed by atoms with Crippen molar-refractivity contribution in [2.24, 2.45) is 0 Å². The van der Waals surface area contributed by atoms with E-state index < -0.39 is 17.8 Å². The first-order valence-corrected chi connectivity index (χ1v) is 10.4. The first-order chi connectivity index (χ1) is 15.9. The van der Waals surface area contributed by atoms with Gasteiger partial charge in [0.25, 0.3) is 17.7 Å². The number of fused-ring (bicyclic) bond motifs is 1. The van der Waals surface area contributed by atoms with Crippen LogP contribution in [0.2, 0.25) is 0 Å². The summed E-state index contributed by atoms with van der Waals surface area (Å²) < 4.78 is 5.16. The third-order valence-corrected chi connectivity index (χ3v) is 5.58. The minimum Gasteiger partial charge on any atom is -0.452 e. The average molecular weight is 442 g/mol. The van der Waals surface area contributed by atoms with E-state index in [4.69, 9.17) is 4.74 Å². The second-order valence-electron chi connectivity index (χ2n) is 7.79. The number of esters is 1. The quantitative estimate of drug-likeness (QED) is 0.430. The zero-order chi connectivity index (χ0) is 23.5. The molecule has 0 N–H and O–H groups in total. The number of nitrogens with zero attached hydrogens (tertiary/aromatic N) is 2. The molecule has 3 amide bonds. The van der Waals surface area contributed by atoms with Crippen LogP contribution in [0.3, 0.4) is 0 Å². The smallest absolute Gasteiger partial charge is 0.338 e. The van der Waals surface area contributed by atoms with E-state index in [0.29, 0.717) is 23.4 Å². The number of carbonyl (C=O) groups is 4. The Hall–Kier alpha value is -4.26. The van der Waals surface area contributed by atoms with Gasteiger partial charge in [0.1, 0.15) is 0 Å². The highest BCUT2D eigenvalue weighted by Gasteiger charge is 2.36. The minimum atomic E-state index is -0.665. The summed E-state index contributed by atoms with van der Waals surface area (Å²) in [5, 5.41) is 0. The van der Waals surface area contributed by atoms with Gasteiger partial charge in [0, 0.05) is 13.6 Å². The highest BCUT2D eigenvalue weighted by atomic mass is 16.5. The van der Waals surface area contributed by atoms with Crippen LogP contribution in [0, 0.1) is 6.92 Å². The van der Waals surface area contributed by atoms with Crippen molar-refractivity contribution in [1.82, 2.24) is 4.90 Å². The fourth-order valence-electron chi connectivity index (χ4n) is 3.62. The standard InChI is InChI=1S/C26H22N2O5/c1-17-7-3-4-8-19(17)15-27(2)23(29)16-33-26(32)18-11-13-20(14-12-18)28-24(30)21-9-5-6-10-22(21)25(28)31/h3-14H,15-16H2,1-2H3. The van der Waals surface area contributed by atoms with Gasteiger partial charge in [-0.1, -0.05) is 36.4 Å². The molecule has 0 aliphatic carbocycles. The Kier molecular flexibility index (Phi) is 6.04. The molecule has 1 heterocycles. The molecule has 33 heavy (non-hydrogen) atoms. The fourth-order valence-corrected chi connectivity index (χ4v) is 3.62. The van der Waals surface area contributed by atoms with E-state index in [0.717, 1.165) is 16.0 Å². The normalized spacial score (nSPS) is 12.5. The van der Waals surface area contributed by atoms with Crippen LogP contribution in [0.15, 0.2) is 72.8 Å². The molecule has 7 nitrogen and oxygen atoms in total. The van der Waals surface area contributed by atoms with E-state index in [9.17, 15) is 19.2 Å². The summed E-state index contributed by atoms with van der Waals surface area (Å²) in [4.78, 5) is 52.5. The molecule has 0 radical (unpaired) electrons. The van der Waals surface area contributed by atoms with E-state index in [2.05, 4.69) is 0 Å². The monoisotopic (exact) mass is 442 g/mol. The summed E-state index contributed by atoms with van der Waals surface area (Å²) in [6.45, 7) is 2.00. The van der Waals surface area contributed by atoms with Crippen molar-refractivity contribution in [3.8, 4) is 0 Å². The minimum absolute atomic E-state index is 0.213. The predicted octanol–water partition coefficient (Wildman–Crippen LogP) is 3.61. The Morgan fingerprint density at radius 2 is 1.42 bits per heavy atom. The largest absolute Gasteiger partial charge is 0.452 e. The van der Waals surface area contributed by atoms with Gasteiger partial charge in [0.05, 0.1) is 22.4 Å². The third-order valence-electron chi connectivity index (χ3n) is 5.58. The molecule has 3 aromatic rings. The van der Waals surface area contributed by atoms with E-state index in [1.165, 1.54) is 29.2 Å². The number of carbonyl (C=O) groups excluding carboxylic acids is 4. The molecule has 0 unspecified atom stereocenters. The molecule has 1 aliphatic rings. The zero-order valence-corrected chi connectivity index (χ0v) is 18.3. The molecule has 0 saturated carbocycles. The van der Waals surface area contributed by atoms with Crippen molar-refractivity contribution in [1.29, 1.82) is 0 Å². The maximum atomic E-state index is 12.6. The third kappa shape index (κ3) is 4.39. The van der Waals surface area contributed by atoms with Crippen LogP contribution in [0.5, 0.6) is 0 Å². The number of hydrogen-bond donors (Lipinski definition) is 0. The second-order valence-corrected chi connectivity index (χ2v) is 7.79. The first kappa shape index (κ1) is 22.0. The molecule has 0 spiro atoms. The van der Waals surface area contributed by atoms with Gasteiger partial charge >= 0.3 is 5.97 Å².